The predicted octanol–water partition coefficient (Wildman–Crippen LogP) is 5.40. The van der Waals surface area contributed by atoms with Crippen LogP contribution in [0.5, 0.6) is 0 Å². The Bertz CT molecular complexity index is 840. The average molecular weight is 372 g/mol. The highest BCUT2D eigenvalue weighted by Gasteiger charge is 2.21. The molecule has 2 aromatic carbocycles. The Hall–Kier alpha value is -1.23. The molecule has 0 spiro atoms. The zero-order valence-electron chi connectivity index (χ0n) is 13.4. The summed E-state index contributed by atoms with van der Waals surface area (Å²) in [5.41, 5.74) is 2.68. The second kappa shape index (κ2) is 6.34. The van der Waals surface area contributed by atoms with Crippen molar-refractivity contribution >= 4 is 38.9 Å². The number of benzene rings is 2. The van der Waals surface area contributed by atoms with Gasteiger partial charge in [0.1, 0.15) is 4.90 Å². The lowest BCUT2D eigenvalue weighted by Gasteiger charge is -2.22. The van der Waals surface area contributed by atoms with Gasteiger partial charge in [0.2, 0.25) is 0 Å². The molecule has 0 aliphatic rings. The first-order valence-electron chi connectivity index (χ1n) is 7.10. The highest BCUT2D eigenvalue weighted by Crippen LogP contribution is 2.31. The molecule has 124 valence electrons. The van der Waals surface area contributed by atoms with Crippen LogP contribution in [0.15, 0.2) is 41.3 Å². The maximum absolute atomic E-state index is 12.5. The van der Waals surface area contributed by atoms with E-state index in [9.17, 15) is 8.42 Å². The number of halogens is 2. The molecule has 0 amide bonds. The summed E-state index contributed by atoms with van der Waals surface area (Å²) in [6, 6.07) is 10.0. The van der Waals surface area contributed by atoms with Crippen molar-refractivity contribution in [2.45, 2.75) is 38.0 Å². The third-order valence-electron chi connectivity index (χ3n) is 3.49. The fourth-order valence-electron chi connectivity index (χ4n) is 2.47. The first kappa shape index (κ1) is 18.1. The summed E-state index contributed by atoms with van der Waals surface area (Å²) >= 11 is 11.9. The number of nitrogens with one attached hydrogen (secondary N) is 1. The zero-order chi connectivity index (χ0) is 17.4. The minimum atomic E-state index is -3.80. The smallest absolute Gasteiger partial charge is 0.263 e. The molecule has 0 radical (unpaired) electrons. The van der Waals surface area contributed by atoms with Gasteiger partial charge in [-0.05, 0) is 47.7 Å². The van der Waals surface area contributed by atoms with Gasteiger partial charge in [0.05, 0.1) is 10.0 Å². The number of sulfonamides is 1. The van der Waals surface area contributed by atoms with E-state index in [1.54, 1.807) is 18.2 Å². The first-order chi connectivity index (χ1) is 10.5. The average Bonchev–Trinajstić information content (AvgIpc) is 2.39. The van der Waals surface area contributed by atoms with Gasteiger partial charge in [-0.3, -0.25) is 4.72 Å². The topological polar surface area (TPSA) is 46.2 Å². The van der Waals surface area contributed by atoms with E-state index in [1.807, 2.05) is 19.1 Å². The Morgan fingerprint density at radius 1 is 1.04 bits per heavy atom. The van der Waals surface area contributed by atoms with Crippen molar-refractivity contribution in [1.29, 1.82) is 0 Å². The monoisotopic (exact) mass is 371 g/mol. The van der Waals surface area contributed by atoms with Gasteiger partial charge in [-0.2, -0.15) is 0 Å². The second-order valence-corrected chi connectivity index (χ2v) is 8.87. The van der Waals surface area contributed by atoms with E-state index >= 15 is 0 Å². The molecule has 0 aliphatic carbocycles. The van der Waals surface area contributed by atoms with Crippen molar-refractivity contribution in [3.05, 3.63) is 57.6 Å². The quantitative estimate of drug-likeness (QED) is 0.784. The SMILES string of the molecule is Cc1cc(NS(=O)(=O)c2cccc(Cl)c2Cl)ccc1C(C)(C)C. The van der Waals surface area contributed by atoms with Crippen molar-refractivity contribution in [2.75, 3.05) is 4.72 Å². The highest BCUT2D eigenvalue weighted by molar-refractivity contribution is 7.92. The number of hydrogen-bond acceptors (Lipinski definition) is 2. The van der Waals surface area contributed by atoms with E-state index in [0.29, 0.717) is 5.69 Å². The highest BCUT2D eigenvalue weighted by atomic mass is 35.5. The number of hydrogen-bond donors (Lipinski definition) is 1. The lowest BCUT2D eigenvalue weighted by molar-refractivity contribution is 0.586. The number of rotatable bonds is 3. The van der Waals surface area contributed by atoms with Gasteiger partial charge in [-0.15, -0.1) is 0 Å². The number of anilines is 1. The van der Waals surface area contributed by atoms with E-state index in [-0.39, 0.29) is 20.4 Å². The molecule has 1 N–H and O–H groups in total. The van der Waals surface area contributed by atoms with Crippen molar-refractivity contribution < 1.29 is 8.42 Å². The lowest BCUT2D eigenvalue weighted by atomic mass is 9.84. The lowest BCUT2D eigenvalue weighted by Crippen LogP contribution is -2.16. The molecule has 0 unspecified atom stereocenters. The molecule has 23 heavy (non-hydrogen) atoms. The van der Waals surface area contributed by atoms with Crippen molar-refractivity contribution in [2.24, 2.45) is 0 Å². The summed E-state index contributed by atoms with van der Waals surface area (Å²) < 4.78 is 27.6. The van der Waals surface area contributed by atoms with Crippen LogP contribution in [0.4, 0.5) is 5.69 Å². The third-order valence-corrected chi connectivity index (χ3v) is 5.85. The van der Waals surface area contributed by atoms with Crippen LogP contribution in [0.1, 0.15) is 31.9 Å². The molecule has 2 rings (SSSR count). The van der Waals surface area contributed by atoms with Crippen LogP contribution in [-0.2, 0) is 15.4 Å². The molecule has 0 aromatic heterocycles. The first-order valence-corrected chi connectivity index (χ1v) is 9.34. The van der Waals surface area contributed by atoms with Gasteiger partial charge in [0, 0.05) is 5.69 Å². The van der Waals surface area contributed by atoms with Crippen LogP contribution in [-0.4, -0.2) is 8.42 Å². The van der Waals surface area contributed by atoms with Crippen molar-refractivity contribution in [3.63, 3.8) is 0 Å². The maximum atomic E-state index is 12.5. The Labute approximate surface area is 147 Å². The molecule has 0 fully saturated rings. The van der Waals surface area contributed by atoms with E-state index < -0.39 is 10.0 Å². The van der Waals surface area contributed by atoms with Crippen LogP contribution < -0.4 is 4.72 Å². The second-order valence-electron chi connectivity index (χ2n) is 6.44. The molecular weight excluding hydrogens is 353 g/mol. The van der Waals surface area contributed by atoms with Crippen LogP contribution >= 0.6 is 23.2 Å². The molecule has 0 saturated heterocycles. The van der Waals surface area contributed by atoms with Gasteiger partial charge >= 0.3 is 0 Å². The fourth-order valence-corrected chi connectivity index (χ4v) is 4.28. The molecule has 3 nitrogen and oxygen atoms in total. The van der Waals surface area contributed by atoms with Crippen LogP contribution in [0.2, 0.25) is 10.0 Å². The minimum absolute atomic E-state index is 0.00223. The van der Waals surface area contributed by atoms with Crippen LogP contribution in [0.3, 0.4) is 0 Å². The summed E-state index contributed by atoms with van der Waals surface area (Å²) in [4.78, 5) is -0.0378. The minimum Gasteiger partial charge on any atom is -0.280 e. The molecular formula is C17H19Cl2NO2S. The summed E-state index contributed by atoms with van der Waals surface area (Å²) in [7, 11) is -3.80. The Morgan fingerprint density at radius 3 is 2.26 bits per heavy atom. The zero-order valence-corrected chi connectivity index (χ0v) is 15.8. The molecule has 0 atom stereocenters. The third kappa shape index (κ3) is 4.00. The molecule has 0 heterocycles. The van der Waals surface area contributed by atoms with Gasteiger partial charge in [-0.25, -0.2) is 8.42 Å². The Kier molecular flexibility index (Phi) is 5.00. The summed E-state index contributed by atoms with van der Waals surface area (Å²) in [5, 5.41) is 0.221. The predicted molar refractivity (Wildman–Crippen MR) is 97.1 cm³/mol. The Morgan fingerprint density at radius 2 is 1.70 bits per heavy atom. The van der Waals surface area contributed by atoms with E-state index in [1.165, 1.54) is 11.6 Å². The Balaban J connectivity index is 2.39. The molecule has 6 heteroatoms. The molecule has 2 aromatic rings. The van der Waals surface area contributed by atoms with E-state index in [4.69, 9.17) is 23.2 Å². The van der Waals surface area contributed by atoms with Crippen LogP contribution in [0.25, 0.3) is 0 Å². The summed E-state index contributed by atoms with van der Waals surface area (Å²) in [5.74, 6) is 0. The van der Waals surface area contributed by atoms with Crippen molar-refractivity contribution in [3.8, 4) is 0 Å². The summed E-state index contributed by atoms with van der Waals surface area (Å²) in [6.07, 6.45) is 0. The van der Waals surface area contributed by atoms with E-state index in [0.717, 1.165) is 5.56 Å². The molecule has 0 saturated carbocycles. The van der Waals surface area contributed by atoms with Gasteiger partial charge in [0.25, 0.3) is 10.0 Å². The standard InChI is InChI=1S/C17H19Cl2NO2S/c1-11-10-12(8-9-13(11)17(2,3)4)20-23(21,22)15-7-5-6-14(18)16(15)19/h5-10,20H,1-4H3. The van der Waals surface area contributed by atoms with Gasteiger partial charge in [0.15, 0.2) is 0 Å². The van der Waals surface area contributed by atoms with Crippen LogP contribution in [0, 0.1) is 6.92 Å². The largest absolute Gasteiger partial charge is 0.280 e. The fraction of sp³-hybridized carbons (Fsp3) is 0.294. The van der Waals surface area contributed by atoms with E-state index in [2.05, 4.69) is 25.5 Å². The number of aryl methyl sites for hydroxylation is 1. The van der Waals surface area contributed by atoms with Gasteiger partial charge in [-0.1, -0.05) is 56.1 Å². The molecule has 0 bridgehead atoms. The normalized spacial score (nSPS) is 12.3. The molecule has 0 aliphatic heterocycles. The van der Waals surface area contributed by atoms with Gasteiger partial charge < -0.3 is 0 Å². The van der Waals surface area contributed by atoms with Crippen molar-refractivity contribution in [1.82, 2.24) is 0 Å². The maximum Gasteiger partial charge on any atom is 0.263 e. The summed E-state index contributed by atoms with van der Waals surface area (Å²) in [6.45, 7) is 8.31.